The smallest absolute Gasteiger partial charge is 0.345 e. The molecule has 0 fully saturated rings. The van der Waals surface area contributed by atoms with Gasteiger partial charge in [0.1, 0.15) is 5.75 Å². The summed E-state index contributed by atoms with van der Waals surface area (Å²) >= 11 is 6.14. The van der Waals surface area contributed by atoms with Gasteiger partial charge in [-0.3, -0.25) is 4.79 Å². The highest BCUT2D eigenvalue weighted by Gasteiger charge is 2.57. The molecule has 2 atom stereocenters. The third-order valence-corrected chi connectivity index (χ3v) is 5.62. The summed E-state index contributed by atoms with van der Waals surface area (Å²) in [6.45, 7) is 1.96. The van der Waals surface area contributed by atoms with E-state index in [0.717, 1.165) is 5.56 Å². The maximum atomic E-state index is 13.8. The minimum absolute atomic E-state index is 0.0737. The molecule has 0 bridgehead atoms. The monoisotopic (exact) mass is 451 g/mol. The van der Waals surface area contributed by atoms with Crippen molar-refractivity contribution < 1.29 is 24.2 Å². The van der Waals surface area contributed by atoms with Crippen LogP contribution in [-0.4, -0.2) is 29.7 Å². The Morgan fingerprint density at radius 2 is 1.81 bits per heavy atom. The van der Waals surface area contributed by atoms with Crippen molar-refractivity contribution in [1.82, 2.24) is 0 Å². The minimum atomic E-state index is -2.02. The molecule has 0 radical (unpaired) electrons. The summed E-state index contributed by atoms with van der Waals surface area (Å²) in [7, 11) is 0. The molecule has 0 spiro atoms. The molecule has 2 unspecified atom stereocenters. The van der Waals surface area contributed by atoms with Crippen LogP contribution in [0.3, 0.4) is 0 Å². The minimum Gasteiger partial charge on any atom is -0.479 e. The van der Waals surface area contributed by atoms with E-state index in [0.29, 0.717) is 22.0 Å². The zero-order chi connectivity index (χ0) is 22.7. The van der Waals surface area contributed by atoms with Gasteiger partial charge in [0, 0.05) is 11.6 Å². The summed E-state index contributed by atoms with van der Waals surface area (Å²) < 4.78 is 11.9. The van der Waals surface area contributed by atoms with Crippen LogP contribution < -0.4 is 9.64 Å². The molecule has 6 nitrogen and oxygen atoms in total. The number of halogens is 1. The van der Waals surface area contributed by atoms with Crippen LogP contribution >= 0.6 is 11.6 Å². The fraction of sp³-hybridized carbons (Fsp3) is 0.200. The first-order valence-electron chi connectivity index (χ1n) is 10.2. The van der Waals surface area contributed by atoms with Crippen LogP contribution in [0.2, 0.25) is 5.02 Å². The molecule has 1 N–H and O–H groups in total. The Morgan fingerprint density at radius 1 is 1.09 bits per heavy atom. The molecule has 1 aliphatic rings. The van der Waals surface area contributed by atoms with E-state index in [9.17, 15) is 14.7 Å². The molecule has 32 heavy (non-hydrogen) atoms. The van der Waals surface area contributed by atoms with E-state index in [4.69, 9.17) is 21.1 Å². The largest absolute Gasteiger partial charge is 0.479 e. The number of amides is 1. The van der Waals surface area contributed by atoms with Gasteiger partial charge in [-0.25, -0.2) is 4.79 Å². The molecular formula is C25H22ClNO5. The number of carbonyl (C=O) groups excluding carboxylic acids is 1. The van der Waals surface area contributed by atoms with Gasteiger partial charge in [-0.15, -0.1) is 0 Å². The van der Waals surface area contributed by atoms with Crippen LogP contribution in [0.4, 0.5) is 5.69 Å². The maximum Gasteiger partial charge on any atom is 0.345 e. The lowest BCUT2D eigenvalue weighted by molar-refractivity contribution is -0.186. The lowest BCUT2D eigenvalue weighted by Crippen LogP contribution is -2.60. The van der Waals surface area contributed by atoms with Crippen molar-refractivity contribution in [3.63, 3.8) is 0 Å². The van der Waals surface area contributed by atoms with E-state index in [1.165, 1.54) is 4.90 Å². The number of para-hydroxylation sites is 2. The van der Waals surface area contributed by atoms with Crippen molar-refractivity contribution >= 4 is 29.2 Å². The average molecular weight is 452 g/mol. The van der Waals surface area contributed by atoms with Gasteiger partial charge < -0.3 is 19.5 Å². The van der Waals surface area contributed by atoms with Crippen LogP contribution in [0.15, 0.2) is 78.9 Å². The predicted molar refractivity (Wildman–Crippen MR) is 121 cm³/mol. The summed E-state index contributed by atoms with van der Waals surface area (Å²) in [6.07, 6.45) is -1.43. The second-order valence-electron chi connectivity index (χ2n) is 7.36. The highest BCUT2D eigenvalue weighted by Crippen LogP contribution is 2.42. The number of anilines is 1. The van der Waals surface area contributed by atoms with Crippen LogP contribution in [-0.2, 0) is 26.5 Å². The fourth-order valence-electron chi connectivity index (χ4n) is 3.98. The van der Waals surface area contributed by atoms with Crippen molar-refractivity contribution in [2.75, 3.05) is 11.5 Å². The molecule has 1 heterocycles. The summed E-state index contributed by atoms with van der Waals surface area (Å²) in [6, 6.07) is 22.7. The molecule has 0 saturated carbocycles. The van der Waals surface area contributed by atoms with E-state index in [1.54, 1.807) is 79.7 Å². The Balaban J connectivity index is 1.85. The summed E-state index contributed by atoms with van der Waals surface area (Å²) in [5, 5.41) is 10.9. The Morgan fingerprint density at radius 3 is 2.50 bits per heavy atom. The quantitative estimate of drug-likeness (QED) is 0.565. The highest BCUT2D eigenvalue weighted by molar-refractivity contribution is 6.30. The number of ether oxygens (including phenoxy) is 2. The molecule has 164 valence electrons. The third-order valence-electron chi connectivity index (χ3n) is 5.38. The number of hydrogen-bond donors (Lipinski definition) is 1. The number of aliphatic carboxylic acids is 1. The van der Waals surface area contributed by atoms with Crippen LogP contribution in [0.25, 0.3) is 0 Å². The molecule has 0 saturated heterocycles. The number of nitrogens with zero attached hydrogens (tertiary/aromatic N) is 1. The number of fused-ring (bicyclic) bond motifs is 1. The van der Waals surface area contributed by atoms with Gasteiger partial charge in [0.25, 0.3) is 5.91 Å². The van der Waals surface area contributed by atoms with Crippen LogP contribution in [0.1, 0.15) is 18.1 Å². The Hall–Kier alpha value is -3.35. The average Bonchev–Trinajstić information content (AvgIpc) is 2.80. The molecular weight excluding hydrogens is 430 g/mol. The Bertz CT molecular complexity index is 1140. The molecule has 0 aromatic heterocycles. The SMILES string of the molecule is CCOC(C(=O)O)(c1ccccc1)C1Oc2ccccc2N(Cc2cccc(Cl)c2)C1=O. The first-order valence-corrected chi connectivity index (χ1v) is 10.6. The van der Waals surface area contributed by atoms with Gasteiger partial charge in [0.2, 0.25) is 11.7 Å². The van der Waals surface area contributed by atoms with Crippen molar-refractivity contribution in [1.29, 1.82) is 0 Å². The summed E-state index contributed by atoms with van der Waals surface area (Å²) in [5.41, 5.74) is -0.335. The lowest BCUT2D eigenvalue weighted by atomic mass is 9.85. The van der Waals surface area contributed by atoms with Crippen LogP contribution in [0.5, 0.6) is 5.75 Å². The van der Waals surface area contributed by atoms with Crippen molar-refractivity contribution in [2.45, 2.75) is 25.2 Å². The summed E-state index contributed by atoms with van der Waals surface area (Å²) in [5.74, 6) is -1.41. The Kier molecular flexibility index (Phi) is 6.17. The Labute approximate surface area is 191 Å². The summed E-state index contributed by atoms with van der Waals surface area (Å²) in [4.78, 5) is 28.0. The number of carboxylic acid groups (broad SMARTS) is 1. The van der Waals surface area contributed by atoms with E-state index in [2.05, 4.69) is 0 Å². The number of carboxylic acids is 1. The van der Waals surface area contributed by atoms with E-state index in [-0.39, 0.29) is 13.2 Å². The van der Waals surface area contributed by atoms with Crippen LogP contribution in [0, 0.1) is 0 Å². The molecule has 1 aliphatic heterocycles. The normalized spacial score (nSPS) is 17.2. The van der Waals surface area contributed by atoms with E-state index >= 15 is 0 Å². The third kappa shape index (κ3) is 3.83. The standard InChI is InChI=1S/C25H22ClNO5/c1-2-31-25(24(29)30,18-10-4-3-5-11-18)22-23(28)27(16-17-9-8-12-19(26)15-17)20-13-6-7-14-21(20)32-22/h3-15,22H,2,16H2,1H3,(H,29,30). The second kappa shape index (κ2) is 9.02. The number of rotatable bonds is 7. The second-order valence-corrected chi connectivity index (χ2v) is 7.80. The van der Waals surface area contributed by atoms with Gasteiger partial charge >= 0.3 is 5.97 Å². The first-order chi connectivity index (χ1) is 15.5. The van der Waals surface area contributed by atoms with Crippen molar-refractivity contribution in [3.8, 4) is 5.75 Å². The fourth-order valence-corrected chi connectivity index (χ4v) is 4.19. The van der Waals surface area contributed by atoms with Gasteiger partial charge in [-0.05, 0) is 42.3 Å². The molecule has 0 aliphatic carbocycles. The highest BCUT2D eigenvalue weighted by atomic mass is 35.5. The van der Waals surface area contributed by atoms with Gasteiger partial charge in [-0.2, -0.15) is 0 Å². The van der Waals surface area contributed by atoms with Gasteiger partial charge in [0.15, 0.2) is 0 Å². The zero-order valence-corrected chi connectivity index (χ0v) is 18.2. The topological polar surface area (TPSA) is 76.1 Å². The lowest BCUT2D eigenvalue weighted by Gasteiger charge is -2.42. The number of hydrogen-bond acceptors (Lipinski definition) is 4. The number of carbonyl (C=O) groups is 2. The van der Waals surface area contributed by atoms with Crippen molar-refractivity contribution in [3.05, 3.63) is 95.0 Å². The van der Waals surface area contributed by atoms with E-state index < -0.39 is 23.6 Å². The van der Waals surface area contributed by atoms with Gasteiger partial charge in [-0.1, -0.05) is 66.2 Å². The predicted octanol–water partition coefficient (Wildman–Crippen LogP) is 4.65. The molecule has 1 amide bonds. The van der Waals surface area contributed by atoms with Gasteiger partial charge in [0.05, 0.1) is 12.2 Å². The molecule has 7 heteroatoms. The molecule has 4 rings (SSSR count). The maximum absolute atomic E-state index is 13.8. The van der Waals surface area contributed by atoms with E-state index in [1.807, 2.05) is 6.07 Å². The van der Waals surface area contributed by atoms with Crippen molar-refractivity contribution in [2.24, 2.45) is 0 Å². The number of benzene rings is 3. The first kappa shape index (κ1) is 21.9. The zero-order valence-electron chi connectivity index (χ0n) is 17.4. The molecule has 3 aromatic carbocycles. The molecule has 3 aromatic rings.